The van der Waals surface area contributed by atoms with Gasteiger partial charge in [0.25, 0.3) is 5.91 Å². The molecule has 2 aliphatic rings. The number of hydrogen-bond donors (Lipinski definition) is 0. The van der Waals surface area contributed by atoms with Crippen molar-refractivity contribution >= 4 is 17.2 Å². The summed E-state index contributed by atoms with van der Waals surface area (Å²) in [6.07, 6.45) is 1.78. The van der Waals surface area contributed by atoms with Crippen molar-refractivity contribution in [3.63, 3.8) is 0 Å². The quantitative estimate of drug-likeness (QED) is 0.737. The summed E-state index contributed by atoms with van der Waals surface area (Å²) in [7, 11) is 1.57. The topological polar surface area (TPSA) is 70.1 Å². The van der Waals surface area contributed by atoms with E-state index in [1.54, 1.807) is 30.8 Å². The standard InChI is InChI=1S/C20H24N2O5S/c1-24-18-9-14(4-5-17(18)27-11-16-12-28-13-21-16)19(23)22-6-2-3-15(10-22)20-25-7-8-26-20/h4-5,9,12-13,15,20H,2-3,6-8,10-11H2,1H3. The van der Waals surface area contributed by atoms with Crippen molar-refractivity contribution in [3.8, 4) is 11.5 Å². The third-order valence-electron chi connectivity index (χ3n) is 5.05. The second kappa shape index (κ2) is 8.89. The number of likely N-dealkylation sites (tertiary alicyclic amines) is 1. The van der Waals surface area contributed by atoms with E-state index < -0.39 is 0 Å². The van der Waals surface area contributed by atoms with E-state index >= 15 is 0 Å². The Bertz CT molecular complexity index is 792. The largest absolute Gasteiger partial charge is 0.493 e. The molecule has 0 bridgehead atoms. The lowest BCUT2D eigenvalue weighted by Crippen LogP contribution is -2.43. The molecule has 0 saturated carbocycles. The minimum Gasteiger partial charge on any atom is -0.493 e. The number of carbonyl (C=O) groups is 1. The molecule has 4 rings (SSSR count). The summed E-state index contributed by atoms with van der Waals surface area (Å²) in [6, 6.07) is 5.31. The molecule has 7 nitrogen and oxygen atoms in total. The van der Waals surface area contributed by atoms with Crippen LogP contribution in [-0.4, -0.2) is 55.5 Å². The normalized spacial score (nSPS) is 20.3. The van der Waals surface area contributed by atoms with E-state index in [1.165, 1.54) is 11.3 Å². The van der Waals surface area contributed by atoms with E-state index in [1.807, 2.05) is 10.3 Å². The second-order valence-corrected chi connectivity index (χ2v) is 7.62. The summed E-state index contributed by atoms with van der Waals surface area (Å²) in [5, 5.41) is 1.94. The van der Waals surface area contributed by atoms with Crippen LogP contribution in [0.5, 0.6) is 11.5 Å². The Morgan fingerprint density at radius 1 is 1.32 bits per heavy atom. The number of hydrogen-bond acceptors (Lipinski definition) is 7. The number of rotatable bonds is 6. The molecule has 3 heterocycles. The van der Waals surface area contributed by atoms with Crippen LogP contribution in [0, 0.1) is 5.92 Å². The summed E-state index contributed by atoms with van der Waals surface area (Å²) in [4.78, 5) is 19.1. The van der Waals surface area contributed by atoms with Gasteiger partial charge in [-0.2, -0.15) is 0 Å². The Labute approximate surface area is 168 Å². The highest BCUT2D eigenvalue weighted by molar-refractivity contribution is 7.07. The fourth-order valence-corrected chi connectivity index (χ4v) is 4.17. The van der Waals surface area contributed by atoms with Crippen molar-refractivity contribution in [1.82, 2.24) is 9.88 Å². The second-order valence-electron chi connectivity index (χ2n) is 6.90. The van der Waals surface area contributed by atoms with Crippen molar-refractivity contribution in [2.24, 2.45) is 5.92 Å². The first-order valence-corrected chi connectivity index (χ1v) is 10.4. The number of methoxy groups -OCH3 is 1. The van der Waals surface area contributed by atoms with Crippen LogP contribution in [0.3, 0.4) is 0 Å². The zero-order valence-corrected chi connectivity index (χ0v) is 16.7. The maximum atomic E-state index is 13.0. The minimum absolute atomic E-state index is 0.00736. The first-order valence-electron chi connectivity index (χ1n) is 9.45. The molecular weight excluding hydrogens is 380 g/mol. The fourth-order valence-electron chi connectivity index (χ4n) is 3.63. The van der Waals surface area contributed by atoms with Crippen molar-refractivity contribution in [2.75, 3.05) is 33.4 Å². The Kier molecular flexibility index (Phi) is 6.09. The molecule has 1 unspecified atom stereocenters. The maximum Gasteiger partial charge on any atom is 0.254 e. The van der Waals surface area contributed by atoms with Crippen molar-refractivity contribution in [3.05, 3.63) is 40.3 Å². The molecule has 150 valence electrons. The van der Waals surface area contributed by atoms with Gasteiger partial charge in [0.1, 0.15) is 6.61 Å². The van der Waals surface area contributed by atoms with Gasteiger partial charge in [0.2, 0.25) is 0 Å². The number of carbonyl (C=O) groups excluding carboxylic acids is 1. The van der Waals surface area contributed by atoms with E-state index in [4.69, 9.17) is 18.9 Å². The predicted molar refractivity (Wildman–Crippen MR) is 104 cm³/mol. The van der Waals surface area contributed by atoms with E-state index in [0.29, 0.717) is 43.4 Å². The molecule has 2 fully saturated rings. The number of benzene rings is 1. The first kappa shape index (κ1) is 19.2. The molecule has 2 aromatic rings. The lowest BCUT2D eigenvalue weighted by Gasteiger charge is -2.34. The minimum atomic E-state index is -0.188. The molecule has 2 saturated heterocycles. The molecule has 1 aromatic heterocycles. The molecule has 0 aliphatic carbocycles. The number of thiazole rings is 1. The van der Waals surface area contributed by atoms with Gasteiger partial charge in [-0.25, -0.2) is 4.98 Å². The molecule has 0 spiro atoms. The molecule has 0 radical (unpaired) electrons. The average molecular weight is 404 g/mol. The van der Waals surface area contributed by atoms with Crippen molar-refractivity contribution in [1.29, 1.82) is 0 Å². The zero-order valence-electron chi connectivity index (χ0n) is 15.8. The highest BCUT2D eigenvalue weighted by atomic mass is 32.1. The fraction of sp³-hybridized carbons (Fsp3) is 0.500. The van der Waals surface area contributed by atoms with E-state index in [2.05, 4.69) is 4.98 Å². The monoisotopic (exact) mass is 404 g/mol. The number of nitrogens with zero attached hydrogens (tertiary/aromatic N) is 2. The van der Waals surface area contributed by atoms with Crippen LogP contribution in [0.4, 0.5) is 0 Å². The van der Waals surface area contributed by atoms with Gasteiger partial charge < -0.3 is 23.8 Å². The van der Waals surface area contributed by atoms with Gasteiger partial charge in [-0.05, 0) is 31.0 Å². The summed E-state index contributed by atoms with van der Waals surface area (Å²) >= 11 is 1.53. The number of aromatic nitrogens is 1. The number of amides is 1. The van der Waals surface area contributed by atoms with Gasteiger partial charge in [-0.15, -0.1) is 11.3 Å². The molecule has 2 aliphatic heterocycles. The van der Waals surface area contributed by atoms with Gasteiger partial charge in [-0.1, -0.05) is 0 Å². The summed E-state index contributed by atoms with van der Waals surface area (Å²) in [5.74, 6) is 1.35. The van der Waals surface area contributed by atoms with E-state index in [9.17, 15) is 4.79 Å². The first-order chi connectivity index (χ1) is 13.7. The molecular formula is C20H24N2O5S. The molecule has 8 heteroatoms. The summed E-state index contributed by atoms with van der Waals surface area (Å²) in [5.41, 5.74) is 3.22. The smallest absolute Gasteiger partial charge is 0.254 e. The molecule has 28 heavy (non-hydrogen) atoms. The van der Waals surface area contributed by atoms with Gasteiger partial charge >= 0.3 is 0 Å². The lowest BCUT2D eigenvalue weighted by molar-refractivity contribution is -0.0969. The van der Waals surface area contributed by atoms with E-state index in [0.717, 1.165) is 25.1 Å². The summed E-state index contributed by atoms with van der Waals surface area (Å²) < 4.78 is 22.5. The Morgan fingerprint density at radius 3 is 2.93 bits per heavy atom. The Balaban J connectivity index is 1.43. The molecule has 1 amide bonds. The lowest BCUT2D eigenvalue weighted by atomic mass is 9.96. The van der Waals surface area contributed by atoms with Gasteiger partial charge in [0.05, 0.1) is 31.5 Å². The maximum absolute atomic E-state index is 13.0. The van der Waals surface area contributed by atoms with Crippen LogP contribution in [0.1, 0.15) is 28.9 Å². The molecule has 0 N–H and O–H groups in total. The van der Waals surface area contributed by atoms with Crippen LogP contribution in [0.25, 0.3) is 0 Å². The van der Waals surface area contributed by atoms with Crippen molar-refractivity contribution < 1.29 is 23.7 Å². The van der Waals surface area contributed by atoms with E-state index in [-0.39, 0.29) is 18.1 Å². The van der Waals surface area contributed by atoms with Crippen LogP contribution in [0.2, 0.25) is 0 Å². The highest BCUT2D eigenvalue weighted by Gasteiger charge is 2.33. The number of piperidine rings is 1. The zero-order chi connectivity index (χ0) is 19.3. The Hall–Kier alpha value is -2.16. The summed E-state index contributed by atoms with van der Waals surface area (Å²) in [6.45, 7) is 3.02. The third-order valence-corrected chi connectivity index (χ3v) is 5.68. The number of ether oxygens (including phenoxy) is 4. The highest BCUT2D eigenvalue weighted by Crippen LogP contribution is 2.31. The molecule has 1 aromatic carbocycles. The van der Waals surface area contributed by atoms with Crippen molar-refractivity contribution in [2.45, 2.75) is 25.7 Å². The van der Waals surface area contributed by atoms with Gasteiger partial charge in [0.15, 0.2) is 17.8 Å². The SMILES string of the molecule is COc1cc(C(=O)N2CCCC(C3OCCO3)C2)ccc1OCc1cscn1. The van der Waals surface area contributed by atoms with Crippen LogP contribution >= 0.6 is 11.3 Å². The van der Waals surface area contributed by atoms with Crippen LogP contribution in [0.15, 0.2) is 29.1 Å². The Morgan fingerprint density at radius 2 is 2.18 bits per heavy atom. The van der Waals surface area contributed by atoms with Crippen LogP contribution in [-0.2, 0) is 16.1 Å². The van der Waals surface area contributed by atoms with Gasteiger partial charge in [-0.3, -0.25) is 4.79 Å². The van der Waals surface area contributed by atoms with Gasteiger partial charge in [0, 0.05) is 30.0 Å². The van der Waals surface area contributed by atoms with Crippen LogP contribution < -0.4 is 9.47 Å². The average Bonchev–Trinajstić information content (AvgIpc) is 3.46. The third kappa shape index (κ3) is 4.29. The predicted octanol–water partition coefficient (Wildman–Crippen LogP) is 2.96. The molecule has 1 atom stereocenters.